The van der Waals surface area contributed by atoms with Gasteiger partial charge < -0.3 is 30.7 Å². The van der Waals surface area contributed by atoms with Gasteiger partial charge in [0.05, 0.1) is 19.8 Å². The van der Waals surface area contributed by atoms with E-state index >= 15 is 0 Å². The Morgan fingerprint density at radius 1 is 1.26 bits per heavy atom. The van der Waals surface area contributed by atoms with Gasteiger partial charge in [-0.1, -0.05) is 12.1 Å². The molecule has 0 aromatic heterocycles. The fourth-order valence-electron chi connectivity index (χ4n) is 2.98. The van der Waals surface area contributed by atoms with Gasteiger partial charge in [-0.3, -0.25) is 0 Å². The molecule has 1 aromatic rings. The smallest absolute Gasteiger partial charge is 0.319 e. The third-order valence-electron chi connectivity index (χ3n) is 4.53. The summed E-state index contributed by atoms with van der Waals surface area (Å²) in [4.78, 5) is 16.4. The van der Waals surface area contributed by atoms with Gasteiger partial charge in [0.1, 0.15) is 0 Å². The largest absolute Gasteiger partial charge is 0.381 e. The van der Waals surface area contributed by atoms with Crippen LogP contribution in [0.2, 0.25) is 0 Å². The molecule has 1 heterocycles. The first-order chi connectivity index (χ1) is 14.6. The number of halogens is 1. The van der Waals surface area contributed by atoms with E-state index in [9.17, 15) is 4.79 Å². The molecule has 0 radical (unpaired) electrons. The second-order valence-corrected chi connectivity index (χ2v) is 7.73. The van der Waals surface area contributed by atoms with Gasteiger partial charge in [0.25, 0.3) is 0 Å². The second kappa shape index (κ2) is 16.1. The molecule has 1 fully saturated rings. The van der Waals surface area contributed by atoms with Crippen LogP contribution in [-0.4, -0.2) is 57.5 Å². The van der Waals surface area contributed by atoms with Gasteiger partial charge >= 0.3 is 6.03 Å². The molecule has 31 heavy (non-hydrogen) atoms. The molecule has 0 spiro atoms. The molecule has 1 aliphatic heterocycles. The van der Waals surface area contributed by atoms with Crippen molar-refractivity contribution in [2.24, 2.45) is 10.9 Å². The van der Waals surface area contributed by atoms with Crippen molar-refractivity contribution in [3.8, 4) is 0 Å². The average Bonchev–Trinajstić information content (AvgIpc) is 3.22. The van der Waals surface area contributed by atoms with Crippen LogP contribution in [-0.2, 0) is 16.0 Å². The topological polar surface area (TPSA) is 96.0 Å². The van der Waals surface area contributed by atoms with Gasteiger partial charge in [-0.05, 0) is 51.3 Å². The number of hydrogen-bond donors (Lipinski definition) is 4. The number of urea groups is 1. The quantitative estimate of drug-likeness (QED) is 0.148. The maximum absolute atomic E-state index is 11.8. The van der Waals surface area contributed by atoms with Crippen LogP contribution >= 0.6 is 24.0 Å². The SMILES string of the molecule is CCNC(=NCc1ccc(NC(=O)NC(C)C)cc1)NCCCOCC1CCOC1.I. The minimum atomic E-state index is -0.199. The van der Waals surface area contributed by atoms with Crippen molar-refractivity contribution < 1.29 is 14.3 Å². The third kappa shape index (κ3) is 12.1. The monoisotopic (exact) mass is 547 g/mol. The van der Waals surface area contributed by atoms with E-state index in [-0.39, 0.29) is 36.0 Å². The van der Waals surface area contributed by atoms with Gasteiger partial charge in [0.15, 0.2) is 5.96 Å². The Bertz CT molecular complexity index is 649. The Kier molecular flexibility index (Phi) is 14.3. The summed E-state index contributed by atoms with van der Waals surface area (Å²) in [6.07, 6.45) is 2.04. The Balaban J connectivity index is 0.00000480. The van der Waals surface area contributed by atoms with Crippen LogP contribution < -0.4 is 21.3 Å². The van der Waals surface area contributed by atoms with Crippen molar-refractivity contribution in [1.29, 1.82) is 0 Å². The minimum absolute atomic E-state index is 0. The van der Waals surface area contributed by atoms with Gasteiger partial charge in [0, 0.05) is 44.0 Å². The van der Waals surface area contributed by atoms with E-state index in [1.54, 1.807) is 0 Å². The maximum atomic E-state index is 11.8. The zero-order valence-electron chi connectivity index (χ0n) is 18.9. The van der Waals surface area contributed by atoms with E-state index in [1.807, 2.05) is 45.0 Å². The highest BCUT2D eigenvalue weighted by atomic mass is 127. The lowest BCUT2D eigenvalue weighted by Crippen LogP contribution is -2.38. The number of rotatable bonds is 11. The molecule has 0 aliphatic carbocycles. The molecule has 0 bridgehead atoms. The standard InChI is InChI=1S/C22H37N5O3.HI/c1-4-23-21(24-11-5-12-29-15-19-10-13-30-16-19)25-14-18-6-8-20(9-7-18)27-22(28)26-17(2)3;/h6-9,17,19H,4-5,10-16H2,1-3H3,(H2,23,24,25)(H2,26,27,28);1H. The van der Waals surface area contributed by atoms with E-state index in [2.05, 4.69) is 26.3 Å². The number of amides is 2. The molecule has 1 atom stereocenters. The number of benzene rings is 1. The number of ether oxygens (including phenoxy) is 2. The highest BCUT2D eigenvalue weighted by molar-refractivity contribution is 14.0. The second-order valence-electron chi connectivity index (χ2n) is 7.73. The summed E-state index contributed by atoms with van der Waals surface area (Å²) in [5, 5.41) is 12.2. The summed E-state index contributed by atoms with van der Waals surface area (Å²) in [5.74, 6) is 1.35. The molecule has 1 aliphatic rings. The van der Waals surface area contributed by atoms with Crippen LogP contribution in [0.1, 0.15) is 39.2 Å². The highest BCUT2D eigenvalue weighted by Crippen LogP contribution is 2.12. The molecule has 1 saturated heterocycles. The number of carbonyl (C=O) groups excluding carboxylic acids is 1. The molecule has 1 unspecified atom stereocenters. The molecule has 2 amide bonds. The Hall–Kier alpha value is -1.59. The van der Waals surface area contributed by atoms with E-state index < -0.39 is 0 Å². The number of nitrogens with one attached hydrogen (secondary N) is 4. The van der Waals surface area contributed by atoms with Crippen molar-refractivity contribution in [3.63, 3.8) is 0 Å². The molecule has 2 rings (SSSR count). The van der Waals surface area contributed by atoms with E-state index in [4.69, 9.17) is 9.47 Å². The lowest BCUT2D eigenvalue weighted by Gasteiger charge is -2.12. The average molecular weight is 547 g/mol. The van der Waals surface area contributed by atoms with Crippen molar-refractivity contribution in [2.45, 2.75) is 46.2 Å². The van der Waals surface area contributed by atoms with Crippen LogP contribution in [0.25, 0.3) is 0 Å². The lowest BCUT2D eigenvalue weighted by molar-refractivity contribution is 0.0888. The van der Waals surface area contributed by atoms with Crippen molar-refractivity contribution in [3.05, 3.63) is 29.8 Å². The maximum Gasteiger partial charge on any atom is 0.319 e. The fourth-order valence-corrected chi connectivity index (χ4v) is 2.98. The Labute approximate surface area is 203 Å². The highest BCUT2D eigenvalue weighted by Gasteiger charge is 2.15. The first-order valence-electron chi connectivity index (χ1n) is 10.9. The first kappa shape index (κ1) is 27.4. The third-order valence-corrected chi connectivity index (χ3v) is 4.53. The summed E-state index contributed by atoms with van der Waals surface area (Å²) < 4.78 is 11.1. The lowest BCUT2D eigenvalue weighted by atomic mass is 10.1. The van der Waals surface area contributed by atoms with Gasteiger partial charge in [-0.25, -0.2) is 9.79 Å². The zero-order valence-corrected chi connectivity index (χ0v) is 21.2. The number of guanidine groups is 1. The zero-order chi connectivity index (χ0) is 21.6. The summed E-state index contributed by atoms with van der Waals surface area (Å²) in [5.41, 5.74) is 1.83. The van der Waals surface area contributed by atoms with Crippen LogP contribution in [0.3, 0.4) is 0 Å². The summed E-state index contributed by atoms with van der Waals surface area (Å²) in [7, 11) is 0. The minimum Gasteiger partial charge on any atom is -0.381 e. The van der Waals surface area contributed by atoms with Gasteiger partial charge in [0.2, 0.25) is 0 Å². The molecular formula is C22H38IN5O3. The summed E-state index contributed by atoms with van der Waals surface area (Å²) in [6, 6.07) is 7.62. The predicted molar refractivity (Wildman–Crippen MR) is 136 cm³/mol. The van der Waals surface area contributed by atoms with Crippen LogP contribution in [0.5, 0.6) is 0 Å². The van der Waals surface area contributed by atoms with Crippen molar-refractivity contribution in [2.75, 3.05) is 44.8 Å². The summed E-state index contributed by atoms with van der Waals surface area (Å²) >= 11 is 0. The Morgan fingerprint density at radius 3 is 2.68 bits per heavy atom. The molecule has 1 aromatic carbocycles. The number of nitrogens with zero attached hydrogens (tertiary/aromatic N) is 1. The normalized spacial score (nSPS) is 16.0. The van der Waals surface area contributed by atoms with Crippen molar-refractivity contribution in [1.82, 2.24) is 16.0 Å². The first-order valence-corrected chi connectivity index (χ1v) is 10.9. The van der Waals surface area contributed by atoms with Crippen LogP contribution in [0.4, 0.5) is 10.5 Å². The molecule has 176 valence electrons. The number of carbonyl (C=O) groups is 1. The molecule has 0 saturated carbocycles. The Morgan fingerprint density at radius 2 is 2.03 bits per heavy atom. The van der Waals surface area contributed by atoms with Gasteiger partial charge in [-0.2, -0.15) is 0 Å². The molecule has 4 N–H and O–H groups in total. The number of anilines is 1. The van der Waals surface area contributed by atoms with Gasteiger partial charge in [-0.15, -0.1) is 24.0 Å². The van der Waals surface area contributed by atoms with E-state index in [1.165, 1.54) is 0 Å². The molecular weight excluding hydrogens is 509 g/mol. The number of aliphatic imine (C=N–C) groups is 1. The summed E-state index contributed by atoms with van der Waals surface area (Å²) in [6.45, 7) is 11.3. The van der Waals surface area contributed by atoms with E-state index in [0.717, 1.165) is 69.6 Å². The van der Waals surface area contributed by atoms with Crippen molar-refractivity contribution >= 4 is 41.7 Å². The molecule has 9 heteroatoms. The van der Waals surface area contributed by atoms with E-state index in [0.29, 0.717) is 12.5 Å². The predicted octanol–water partition coefficient (Wildman–Crippen LogP) is 3.33. The van der Waals surface area contributed by atoms with Crippen LogP contribution in [0.15, 0.2) is 29.3 Å². The fraction of sp³-hybridized carbons (Fsp3) is 0.636. The van der Waals surface area contributed by atoms with Crippen LogP contribution in [0, 0.1) is 5.92 Å². The number of hydrogen-bond acceptors (Lipinski definition) is 4. The molecule has 8 nitrogen and oxygen atoms in total.